The molecule has 12 rings (SSSR count). The van der Waals surface area contributed by atoms with E-state index in [4.69, 9.17) is 8.83 Å². The third kappa shape index (κ3) is 5.61. The second kappa shape index (κ2) is 13.8. The molecule has 60 heavy (non-hydrogen) atoms. The van der Waals surface area contributed by atoms with Crippen molar-refractivity contribution < 1.29 is 8.83 Å². The van der Waals surface area contributed by atoms with Crippen LogP contribution in [0.2, 0.25) is 0 Å². The highest BCUT2D eigenvalue weighted by Gasteiger charge is 2.20. The number of anilines is 6. The summed E-state index contributed by atoms with van der Waals surface area (Å²) in [4.78, 5) is 4.65. The van der Waals surface area contributed by atoms with Crippen molar-refractivity contribution in [2.45, 2.75) is 0 Å². The minimum atomic E-state index is 0.849. The number of hydrogen-bond donors (Lipinski definition) is 0. The molecule has 4 nitrogen and oxygen atoms in total. The number of fused-ring (bicyclic) bond motifs is 9. The SMILES string of the molecule is c1ccc(N(c2ccc(-c3ccc(N(c4ccc5c(c4)oc4ccccc45)c4ccc5c(c4)oc4ccccc45)cc3)cc2)c2cc3ccccc3c3ccccc23)cc1. The Morgan fingerprint density at radius 2 is 0.667 bits per heavy atom. The van der Waals surface area contributed by atoms with Crippen LogP contribution in [0.4, 0.5) is 34.1 Å². The lowest BCUT2D eigenvalue weighted by atomic mass is 9.98. The predicted octanol–water partition coefficient (Wildman–Crippen LogP) is 16.4. The van der Waals surface area contributed by atoms with Crippen LogP contribution < -0.4 is 9.80 Å². The van der Waals surface area contributed by atoms with Gasteiger partial charge in [-0.3, -0.25) is 0 Å². The standard InChI is InChI=1S/C56H36N2O2/c1-2-13-40(14-3-1)58(52-34-39-12-4-5-15-45(39)46-16-6-7-17-47(46)52)42-28-24-38(25-29-42)37-22-26-41(27-23-37)57(43-30-32-50-48-18-8-10-20-53(48)59-55(50)35-43)44-31-33-51-49-19-9-11-21-54(49)60-56(51)36-44/h1-36H. The molecule has 12 aromatic rings. The first kappa shape index (κ1) is 34.0. The Balaban J connectivity index is 0.938. The molecular formula is C56H36N2O2. The third-order valence-corrected chi connectivity index (χ3v) is 11.8. The van der Waals surface area contributed by atoms with Crippen molar-refractivity contribution in [1.29, 1.82) is 0 Å². The summed E-state index contributed by atoms with van der Waals surface area (Å²) in [6, 6.07) is 77.5. The van der Waals surface area contributed by atoms with E-state index >= 15 is 0 Å². The zero-order valence-corrected chi connectivity index (χ0v) is 32.5. The van der Waals surface area contributed by atoms with Gasteiger partial charge < -0.3 is 18.6 Å². The van der Waals surface area contributed by atoms with Crippen molar-refractivity contribution in [2.24, 2.45) is 0 Å². The van der Waals surface area contributed by atoms with E-state index in [0.717, 1.165) is 89.1 Å². The van der Waals surface area contributed by atoms with Gasteiger partial charge in [-0.05, 0) is 106 Å². The molecular weight excluding hydrogens is 733 g/mol. The van der Waals surface area contributed by atoms with Crippen molar-refractivity contribution in [3.63, 3.8) is 0 Å². The Hall–Kier alpha value is -8.08. The average molecular weight is 769 g/mol. The molecule has 0 bridgehead atoms. The van der Waals surface area contributed by atoms with E-state index in [9.17, 15) is 0 Å². The zero-order valence-electron chi connectivity index (χ0n) is 32.5. The fourth-order valence-corrected chi connectivity index (χ4v) is 8.98. The molecule has 2 aromatic heterocycles. The van der Waals surface area contributed by atoms with Crippen LogP contribution in [-0.2, 0) is 0 Å². The van der Waals surface area contributed by atoms with Crippen molar-refractivity contribution in [3.8, 4) is 11.1 Å². The van der Waals surface area contributed by atoms with Crippen molar-refractivity contribution in [3.05, 3.63) is 218 Å². The van der Waals surface area contributed by atoms with Gasteiger partial charge in [-0.2, -0.15) is 0 Å². The van der Waals surface area contributed by atoms with Crippen molar-refractivity contribution in [2.75, 3.05) is 9.80 Å². The summed E-state index contributed by atoms with van der Waals surface area (Å²) in [6.45, 7) is 0. The summed E-state index contributed by atoms with van der Waals surface area (Å²) >= 11 is 0. The summed E-state index contributed by atoms with van der Waals surface area (Å²) < 4.78 is 12.8. The first-order valence-electron chi connectivity index (χ1n) is 20.3. The number of benzene rings is 10. The fourth-order valence-electron chi connectivity index (χ4n) is 8.98. The molecule has 0 N–H and O–H groups in total. The van der Waals surface area contributed by atoms with E-state index in [-0.39, 0.29) is 0 Å². The van der Waals surface area contributed by atoms with Gasteiger partial charge >= 0.3 is 0 Å². The molecule has 0 radical (unpaired) electrons. The van der Waals surface area contributed by atoms with Gasteiger partial charge in [-0.1, -0.05) is 127 Å². The molecule has 0 amide bonds. The topological polar surface area (TPSA) is 32.8 Å². The number of hydrogen-bond acceptors (Lipinski definition) is 4. The third-order valence-electron chi connectivity index (χ3n) is 11.8. The molecule has 0 aliphatic heterocycles. The maximum absolute atomic E-state index is 6.38. The van der Waals surface area contributed by atoms with Crippen LogP contribution in [0.15, 0.2) is 227 Å². The largest absolute Gasteiger partial charge is 0.456 e. The first-order valence-corrected chi connectivity index (χ1v) is 20.3. The van der Waals surface area contributed by atoms with E-state index in [1.807, 2.05) is 24.3 Å². The van der Waals surface area contributed by atoms with E-state index in [2.05, 4.69) is 204 Å². The van der Waals surface area contributed by atoms with Gasteiger partial charge in [-0.15, -0.1) is 0 Å². The van der Waals surface area contributed by atoms with Gasteiger partial charge in [0.25, 0.3) is 0 Å². The van der Waals surface area contributed by atoms with Crippen molar-refractivity contribution >= 4 is 99.5 Å². The Morgan fingerprint density at radius 3 is 1.25 bits per heavy atom. The molecule has 0 atom stereocenters. The molecule has 0 aliphatic rings. The lowest BCUT2D eigenvalue weighted by Gasteiger charge is -2.28. The monoisotopic (exact) mass is 768 g/mol. The maximum atomic E-state index is 6.38. The predicted molar refractivity (Wildman–Crippen MR) is 251 cm³/mol. The first-order chi connectivity index (χ1) is 29.7. The lowest BCUT2D eigenvalue weighted by molar-refractivity contribution is 0.669. The maximum Gasteiger partial charge on any atom is 0.137 e. The Bertz CT molecular complexity index is 3430. The summed E-state index contributed by atoms with van der Waals surface area (Å²) in [5.41, 5.74) is 12.1. The van der Waals surface area contributed by atoms with Crippen LogP contribution >= 0.6 is 0 Å². The van der Waals surface area contributed by atoms with Crippen molar-refractivity contribution in [1.82, 2.24) is 0 Å². The molecule has 0 unspecified atom stereocenters. The molecule has 0 aliphatic carbocycles. The second-order valence-corrected chi connectivity index (χ2v) is 15.3. The molecule has 4 heteroatoms. The number of para-hydroxylation sites is 3. The second-order valence-electron chi connectivity index (χ2n) is 15.3. The summed E-state index contributed by atoms with van der Waals surface area (Å²) in [5.74, 6) is 0. The van der Waals surface area contributed by atoms with E-state index in [1.165, 1.54) is 21.5 Å². The molecule has 0 spiro atoms. The smallest absolute Gasteiger partial charge is 0.137 e. The van der Waals surface area contributed by atoms with Gasteiger partial charge in [0, 0.05) is 67.5 Å². The van der Waals surface area contributed by atoms with E-state index in [0.29, 0.717) is 0 Å². The summed E-state index contributed by atoms with van der Waals surface area (Å²) in [7, 11) is 0. The number of nitrogens with zero attached hydrogens (tertiary/aromatic N) is 2. The van der Waals surface area contributed by atoms with Gasteiger partial charge in [0.2, 0.25) is 0 Å². The number of rotatable bonds is 7. The van der Waals surface area contributed by atoms with Crippen LogP contribution in [0.3, 0.4) is 0 Å². The minimum Gasteiger partial charge on any atom is -0.456 e. The quantitative estimate of drug-likeness (QED) is 0.151. The highest BCUT2D eigenvalue weighted by molar-refractivity contribution is 6.15. The molecule has 2 heterocycles. The zero-order chi connectivity index (χ0) is 39.6. The normalized spacial score (nSPS) is 11.7. The van der Waals surface area contributed by atoms with Crippen LogP contribution in [0.25, 0.3) is 76.5 Å². The van der Waals surface area contributed by atoms with Crippen LogP contribution in [-0.4, -0.2) is 0 Å². The van der Waals surface area contributed by atoms with E-state index in [1.54, 1.807) is 0 Å². The highest BCUT2D eigenvalue weighted by atomic mass is 16.3. The molecule has 0 saturated heterocycles. The molecule has 0 saturated carbocycles. The van der Waals surface area contributed by atoms with Gasteiger partial charge in [-0.25, -0.2) is 0 Å². The minimum absolute atomic E-state index is 0.849. The molecule has 0 fully saturated rings. The summed E-state index contributed by atoms with van der Waals surface area (Å²) in [6.07, 6.45) is 0. The molecule has 282 valence electrons. The Morgan fingerprint density at radius 1 is 0.250 bits per heavy atom. The average Bonchev–Trinajstić information content (AvgIpc) is 3.88. The number of furan rings is 2. The van der Waals surface area contributed by atoms with Crippen LogP contribution in [0.1, 0.15) is 0 Å². The van der Waals surface area contributed by atoms with Gasteiger partial charge in [0.15, 0.2) is 0 Å². The van der Waals surface area contributed by atoms with Crippen LogP contribution in [0.5, 0.6) is 0 Å². The van der Waals surface area contributed by atoms with E-state index < -0.39 is 0 Å². The van der Waals surface area contributed by atoms with Crippen LogP contribution in [0, 0.1) is 0 Å². The van der Waals surface area contributed by atoms with Gasteiger partial charge in [0.1, 0.15) is 22.3 Å². The van der Waals surface area contributed by atoms with Gasteiger partial charge in [0.05, 0.1) is 5.69 Å². The lowest BCUT2D eigenvalue weighted by Crippen LogP contribution is -2.10. The fraction of sp³-hybridized carbons (Fsp3) is 0. The summed E-state index contributed by atoms with van der Waals surface area (Å²) in [5, 5.41) is 9.35. The highest BCUT2D eigenvalue weighted by Crippen LogP contribution is 2.44. The Labute approximate surface area is 346 Å². The Kier molecular flexibility index (Phi) is 7.82. The molecule has 10 aromatic carbocycles.